The van der Waals surface area contributed by atoms with Gasteiger partial charge in [-0.3, -0.25) is 14.3 Å². The maximum Gasteiger partial charge on any atom is 0.435 e. The Kier molecular flexibility index (Phi) is 6.60. The van der Waals surface area contributed by atoms with Crippen LogP contribution in [0.15, 0.2) is 24.3 Å². The molecule has 0 aromatic carbocycles. The summed E-state index contributed by atoms with van der Waals surface area (Å²) in [7, 11) is 0. The number of alkyl halides is 5. The summed E-state index contributed by atoms with van der Waals surface area (Å²) in [5.74, 6) is -1.72. The van der Waals surface area contributed by atoms with Crippen molar-refractivity contribution in [1.82, 2.24) is 14.8 Å². The van der Waals surface area contributed by atoms with Crippen LogP contribution in [-0.2, 0) is 11.0 Å². The standard InChI is InChI=1S/C22H18F5N5O2S2/c1-8-6-14(22(25,26)27)31-32(8)10(3)20(34)30-16-15-11(13-5-4-9(2)35-13)7-12(18(23)24)29-21(15)36-17(16)19(28)33/h4-7,10,18H,1-3H3,(H2,28,33)(H,30,34). The van der Waals surface area contributed by atoms with E-state index >= 15 is 0 Å². The molecule has 3 N–H and O–H groups in total. The molecule has 2 amide bonds. The van der Waals surface area contributed by atoms with E-state index in [2.05, 4.69) is 15.4 Å². The van der Waals surface area contributed by atoms with Crippen LogP contribution >= 0.6 is 22.7 Å². The van der Waals surface area contributed by atoms with Gasteiger partial charge in [-0.1, -0.05) is 0 Å². The van der Waals surface area contributed by atoms with Crippen molar-refractivity contribution in [2.75, 3.05) is 5.32 Å². The molecule has 190 valence electrons. The van der Waals surface area contributed by atoms with E-state index in [1.165, 1.54) is 31.3 Å². The lowest BCUT2D eigenvalue weighted by molar-refractivity contribution is -0.141. The fraction of sp³-hybridized carbons (Fsp3) is 0.273. The third-order valence-electron chi connectivity index (χ3n) is 5.34. The summed E-state index contributed by atoms with van der Waals surface area (Å²) in [5.41, 5.74) is 4.20. The Labute approximate surface area is 208 Å². The molecule has 0 aliphatic rings. The van der Waals surface area contributed by atoms with Gasteiger partial charge >= 0.3 is 6.18 Å². The number of rotatable bonds is 6. The Bertz CT molecular complexity index is 1490. The minimum atomic E-state index is -4.70. The monoisotopic (exact) mass is 543 g/mol. The molecule has 0 aliphatic heterocycles. The Morgan fingerprint density at radius 2 is 1.83 bits per heavy atom. The van der Waals surface area contributed by atoms with Crippen LogP contribution < -0.4 is 11.1 Å². The number of carbonyl (C=O) groups is 2. The second-order valence-corrected chi connectivity index (χ2v) is 10.2. The topological polar surface area (TPSA) is 103 Å². The van der Waals surface area contributed by atoms with Crippen LogP contribution in [0.3, 0.4) is 0 Å². The van der Waals surface area contributed by atoms with Crippen molar-refractivity contribution in [1.29, 1.82) is 0 Å². The summed E-state index contributed by atoms with van der Waals surface area (Å²) in [6, 6.07) is 4.28. The summed E-state index contributed by atoms with van der Waals surface area (Å²) < 4.78 is 67.3. The average Bonchev–Trinajstić information content (AvgIpc) is 3.49. The van der Waals surface area contributed by atoms with Crippen molar-refractivity contribution in [2.45, 2.75) is 39.4 Å². The number of fused-ring (bicyclic) bond motifs is 1. The minimum Gasteiger partial charge on any atom is -0.365 e. The normalized spacial score (nSPS) is 12.9. The summed E-state index contributed by atoms with van der Waals surface area (Å²) in [6.45, 7) is 4.54. The van der Waals surface area contributed by atoms with Crippen LogP contribution in [0.25, 0.3) is 20.7 Å². The Morgan fingerprint density at radius 1 is 1.14 bits per heavy atom. The highest BCUT2D eigenvalue weighted by Gasteiger charge is 2.36. The molecular weight excluding hydrogens is 525 g/mol. The SMILES string of the molecule is Cc1ccc(-c2cc(C(F)F)nc3sc(C(N)=O)c(NC(=O)C(C)n4nc(C(F)(F)F)cc4C)c23)s1. The zero-order valence-corrected chi connectivity index (χ0v) is 20.5. The van der Waals surface area contributed by atoms with E-state index in [9.17, 15) is 31.5 Å². The molecule has 4 aromatic heterocycles. The molecule has 0 saturated heterocycles. The van der Waals surface area contributed by atoms with Gasteiger partial charge in [-0.2, -0.15) is 18.3 Å². The lowest BCUT2D eigenvalue weighted by Crippen LogP contribution is -2.26. The molecule has 0 aliphatic carbocycles. The molecule has 7 nitrogen and oxygen atoms in total. The quantitative estimate of drug-likeness (QED) is 0.287. The van der Waals surface area contributed by atoms with Crippen LogP contribution in [-0.4, -0.2) is 26.6 Å². The van der Waals surface area contributed by atoms with Gasteiger partial charge < -0.3 is 11.1 Å². The number of aryl methyl sites for hydroxylation is 2. The third-order valence-corrected chi connectivity index (χ3v) is 7.47. The van der Waals surface area contributed by atoms with Gasteiger partial charge in [0.05, 0.1) is 5.69 Å². The predicted molar refractivity (Wildman–Crippen MR) is 126 cm³/mol. The number of carbonyl (C=O) groups excluding carboxylic acids is 2. The van der Waals surface area contributed by atoms with Crippen molar-refractivity contribution in [3.05, 3.63) is 51.1 Å². The fourth-order valence-electron chi connectivity index (χ4n) is 3.65. The zero-order chi connectivity index (χ0) is 26.5. The van der Waals surface area contributed by atoms with E-state index in [1.807, 2.05) is 6.92 Å². The summed E-state index contributed by atoms with van der Waals surface area (Å²) in [6.07, 6.45) is -7.59. The van der Waals surface area contributed by atoms with Crippen LogP contribution in [0, 0.1) is 13.8 Å². The third kappa shape index (κ3) is 4.69. The molecule has 1 atom stereocenters. The average molecular weight is 544 g/mol. The highest BCUT2D eigenvalue weighted by Crippen LogP contribution is 2.44. The maximum atomic E-state index is 13.6. The van der Waals surface area contributed by atoms with E-state index < -0.39 is 41.8 Å². The van der Waals surface area contributed by atoms with Crippen LogP contribution in [0.1, 0.15) is 51.0 Å². The van der Waals surface area contributed by atoms with Gasteiger partial charge in [0.25, 0.3) is 12.3 Å². The van der Waals surface area contributed by atoms with Gasteiger partial charge in [0, 0.05) is 26.4 Å². The van der Waals surface area contributed by atoms with Gasteiger partial charge in [0.2, 0.25) is 5.91 Å². The van der Waals surface area contributed by atoms with Crippen LogP contribution in [0.2, 0.25) is 0 Å². The molecule has 36 heavy (non-hydrogen) atoms. The fourth-order valence-corrected chi connectivity index (χ4v) is 5.56. The zero-order valence-electron chi connectivity index (χ0n) is 18.9. The van der Waals surface area contributed by atoms with Gasteiger partial charge in [0.15, 0.2) is 5.69 Å². The molecule has 0 saturated carbocycles. The number of nitrogens with one attached hydrogen (secondary N) is 1. The van der Waals surface area contributed by atoms with Crippen molar-refractivity contribution < 1.29 is 31.5 Å². The van der Waals surface area contributed by atoms with Gasteiger partial charge in [-0.25, -0.2) is 13.8 Å². The largest absolute Gasteiger partial charge is 0.435 e. The highest BCUT2D eigenvalue weighted by molar-refractivity contribution is 7.21. The molecule has 0 spiro atoms. The van der Waals surface area contributed by atoms with Crippen LogP contribution in [0.5, 0.6) is 0 Å². The first kappa shape index (κ1) is 25.7. The molecule has 4 heterocycles. The minimum absolute atomic E-state index is 0.0467. The molecule has 1 unspecified atom stereocenters. The van der Waals surface area contributed by atoms with E-state index in [1.54, 1.807) is 12.1 Å². The molecule has 0 bridgehead atoms. The number of primary amides is 1. The van der Waals surface area contributed by atoms with E-state index in [0.29, 0.717) is 10.4 Å². The molecular formula is C22H18F5N5O2S2. The molecule has 0 radical (unpaired) electrons. The lowest BCUT2D eigenvalue weighted by atomic mass is 10.1. The number of anilines is 1. The van der Waals surface area contributed by atoms with Crippen molar-refractivity contribution in [3.63, 3.8) is 0 Å². The van der Waals surface area contributed by atoms with E-state index in [4.69, 9.17) is 5.73 Å². The second-order valence-electron chi connectivity index (χ2n) is 7.93. The molecule has 4 rings (SSSR count). The Morgan fingerprint density at radius 3 is 2.36 bits per heavy atom. The van der Waals surface area contributed by atoms with Crippen molar-refractivity contribution in [2.24, 2.45) is 5.73 Å². The number of amides is 2. The Hall–Kier alpha value is -3.39. The van der Waals surface area contributed by atoms with Crippen LogP contribution in [0.4, 0.5) is 27.6 Å². The van der Waals surface area contributed by atoms with Crippen molar-refractivity contribution in [3.8, 4) is 10.4 Å². The highest BCUT2D eigenvalue weighted by atomic mass is 32.1. The first-order valence-electron chi connectivity index (χ1n) is 10.3. The first-order valence-corrected chi connectivity index (χ1v) is 12.0. The number of nitrogens with zero attached hydrogens (tertiary/aromatic N) is 3. The number of halogens is 5. The predicted octanol–water partition coefficient (Wildman–Crippen LogP) is 6.09. The Balaban J connectivity index is 1.84. The number of thiophene rings is 2. The number of pyridine rings is 1. The number of nitrogens with two attached hydrogens (primary N) is 1. The van der Waals surface area contributed by atoms with Gasteiger partial charge in [0.1, 0.15) is 21.4 Å². The second kappa shape index (κ2) is 9.24. The van der Waals surface area contributed by atoms with E-state index in [-0.39, 0.29) is 26.5 Å². The smallest absolute Gasteiger partial charge is 0.365 e. The van der Waals surface area contributed by atoms with Crippen molar-refractivity contribution >= 4 is 50.4 Å². The summed E-state index contributed by atoms with van der Waals surface area (Å²) in [5, 5.41) is 6.29. The van der Waals surface area contributed by atoms with E-state index in [0.717, 1.165) is 27.0 Å². The van der Waals surface area contributed by atoms with Gasteiger partial charge in [-0.05, 0) is 45.0 Å². The number of aromatic nitrogens is 3. The molecule has 0 fully saturated rings. The number of hydrogen-bond acceptors (Lipinski definition) is 6. The molecule has 4 aromatic rings. The van der Waals surface area contributed by atoms with Gasteiger partial charge in [-0.15, -0.1) is 22.7 Å². The maximum absolute atomic E-state index is 13.6. The summed E-state index contributed by atoms with van der Waals surface area (Å²) in [4.78, 5) is 30.7. The first-order chi connectivity index (χ1) is 16.8. The molecule has 14 heteroatoms. The summed E-state index contributed by atoms with van der Waals surface area (Å²) >= 11 is 2.05. The lowest BCUT2D eigenvalue weighted by Gasteiger charge is -2.16. The number of hydrogen-bond donors (Lipinski definition) is 2.